The van der Waals surface area contributed by atoms with Crippen LogP contribution in [0.4, 0.5) is 0 Å². The minimum absolute atomic E-state index is 0.185. The van der Waals surface area contributed by atoms with Crippen molar-refractivity contribution >= 4 is 23.2 Å². The number of aromatic nitrogens is 1. The van der Waals surface area contributed by atoms with E-state index in [1.54, 1.807) is 24.4 Å². The third-order valence-electron chi connectivity index (χ3n) is 3.53. The third-order valence-corrected chi connectivity index (χ3v) is 4.09. The van der Waals surface area contributed by atoms with Crippen molar-refractivity contribution < 1.29 is 5.11 Å². The van der Waals surface area contributed by atoms with Gasteiger partial charge in [0.2, 0.25) is 0 Å². The fourth-order valence-electron chi connectivity index (χ4n) is 2.43. The zero-order chi connectivity index (χ0) is 15.4. The molecule has 0 saturated heterocycles. The van der Waals surface area contributed by atoms with Gasteiger partial charge in [0.25, 0.3) is 0 Å². The zero-order valence-corrected chi connectivity index (χ0v) is 13.3. The topological polar surface area (TPSA) is 33.1 Å². The summed E-state index contributed by atoms with van der Waals surface area (Å²) in [4.78, 5) is 4.23. The quantitative estimate of drug-likeness (QED) is 0.778. The first-order valence-corrected chi connectivity index (χ1v) is 7.45. The fraction of sp³-hybridized carbons (Fsp3) is 0.235. The number of aliphatic hydroxyl groups is 1. The van der Waals surface area contributed by atoms with E-state index in [1.807, 2.05) is 25.1 Å². The molecule has 2 rings (SSSR count). The number of aryl methyl sites for hydroxylation is 1. The van der Waals surface area contributed by atoms with Crippen LogP contribution in [-0.4, -0.2) is 10.1 Å². The molecule has 1 heterocycles. The van der Waals surface area contributed by atoms with Crippen LogP contribution in [-0.2, 0) is 0 Å². The molecule has 0 radical (unpaired) electrons. The molecule has 0 aliphatic heterocycles. The smallest absolute Gasteiger partial charge is 0.0879 e. The standard InChI is InChI=1S/C17H17Cl2NO/c1-3-5-15(14-8-7-12(18)10-16(14)19)17(21)13-6-4-9-20-11(13)2/h3-4,6-10,15,17,21H,1,5H2,2H3. The van der Waals surface area contributed by atoms with Crippen molar-refractivity contribution in [1.29, 1.82) is 0 Å². The summed E-state index contributed by atoms with van der Waals surface area (Å²) >= 11 is 12.2. The normalized spacial score (nSPS) is 13.7. The van der Waals surface area contributed by atoms with Gasteiger partial charge in [-0.05, 0) is 37.1 Å². The highest BCUT2D eigenvalue weighted by atomic mass is 35.5. The molecule has 21 heavy (non-hydrogen) atoms. The van der Waals surface area contributed by atoms with E-state index in [1.165, 1.54) is 0 Å². The van der Waals surface area contributed by atoms with Gasteiger partial charge >= 0.3 is 0 Å². The second kappa shape index (κ2) is 7.08. The van der Waals surface area contributed by atoms with E-state index in [0.29, 0.717) is 16.5 Å². The fourth-order valence-corrected chi connectivity index (χ4v) is 2.98. The Labute approximate surface area is 135 Å². The van der Waals surface area contributed by atoms with Crippen molar-refractivity contribution in [2.75, 3.05) is 0 Å². The minimum atomic E-state index is -0.699. The average molecular weight is 322 g/mol. The molecule has 0 aliphatic carbocycles. The molecule has 0 fully saturated rings. The van der Waals surface area contributed by atoms with E-state index in [2.05, 4.69) is 11.6 Å². The molecule has 110 valence electrons. The number of hydrogen-bond acceptors (Lipinski definition) is 2. The lowest BCUT2D eigenvalue weighted by molar-refractivity contribution is 0.144. The molecule has 2 atom stereocenters. The highest BCUT2D eigenvalue weighted by Crippen LogP contribution is 2.38. The highest BCUT2D eigenvalue weighted by Gasteiger charge is 2.25. The minimum Gasteiger partial charge on any atom is -0.388 e. The summed E-state index contributed by atoms with van der Waals surface area (Å²) in [6.07, 6.45) is 3.40. The maximum atomic E-state index is 10.8. The van der Waals surface area contributed by atoms with Crippen LogP contribution in [0.25, 0.3) is 0 Å². The number of allylic oxidation sites excluding steroid dienone is 1. The van der Waals surface area contributed by atoms with Gasteiger partial charge in [-0.1, -0.05) is 41.4 Å². The van der Waals surface area contributed by atoms with E-state index < -0.39 is 6.10 Å². The SMILES string of the molecule is C=CCC(c1ccc(Cl)cc1Cl)C(O)c1cccnc1C. The van der Waals surface area contributed by atoms with Crippen molar-refractivity contribution in [3.63, 3.8) is 0 Å². The van der Waals surface area contributed by atoms with E-state index in [4.69, 9.17) is 23.2 Å². The summed E-state index contributed by atoms with van der Waals surface area (Å²) in [5, 5.41) is 11.9. The molecule has 1 N–H and O–H groups in total. The van der Waals surface area contributed by atoms with Crippen LogP contribution < -0.4 is 0 Å². The van der Waals surface area contributed by atoms with Gasteiger partial charge in [-0.2, -0.15) is 0 Å². The average Bonchev–Trinajstić information content (AvgIpc) is 2.45. The Balaban J connectivity index is 2.43. The van der Waals surface area contributed by atoms with Crippen LogP contribution in [0.5, 0.6) is 0 Å². The van der Waals surface area contributed by atoms with Crippen molar-refractivity contribution in [3.8, 4) is 0 Å². The molecule has 0 amide bonds. The summed E-state index contributed by atoms with van der Waals surface area (Å²) < 4.78 is 0. The van der Waals surface area contributed by atoms with Gasteiger partial charge in [0, 0.05) is 33.4 Å². The first-order chi connectivity index (χ1) is 10.0. The van der Waals surface area contributed by atoms with Crippen LogP contribution in [0.2, 0.25) is 10.0 Å². The second-order valence-electron chi connectivity index (χ2n) is 4.92. The molecule has 0 saturated carbocycles. The molecule has 0 spiro atoms. The number of benzene rings is 1. The van der Waals surface area contributed by atoms with E-state index in [9.17, 15) is 5.11 Å². The van der Waals surface area contributed by atoms with Crippen LogP contribution in [0, 0.1) is 6.92 Å². The summed E-state index contributed by atoms with van der Waals surface area (Å²) in [5.74, 6) is -0.185. The molecule has 1 aromatic carbocycles. The van der Waals surface area contributed by atoms with Gasteiger partial charge in [0.1, 0.15) is 0 Å². The predicted octanol–water partition coefficient (Wildman–Crippen LogP) is 5.09. The van der Waals surface area contributed by atoms with Crippen molar-refractivity contribution in [3.05, 3.63) is 76.0 Å². The number of halogens is 2. The van der Waals surface area contributed by atoms with Gasteiger partial charge in [0.05, 0.1) is 6.10 Å². The van der Waals surface area contributed by atoms with Gasteiger partial charge < -0.3 is 5.11 Å². The maximum Gasteiger partial charge on any atom is 0.0879 e. The Bertz CT molecular complexity index is 642. The van der Waals surface area contributed by atoms with Crippen LogP contribution >= 0.6 is 23.2 Å². The van der Waals surface area contributed by atoms with Gasteiger partial charge in [-0.15, -0.1) is 6.58 Å². The first kappa shape index (κ1) is 16.0. The zero-order valence-electron chi connectivity index (χ0n) is 11.8. The lowest BCUT2D eigenvalue weighted by atomic mass is 9.86. The molecule has 4 heteroatoms. The monoisotopic (exact) mass is 321 g/mol. The Kier molecular flexibility index (Phi) is 5.40. The number of nitrogens with zero attached hydrogens (tertiary/aromatic N) is 1. The summed E-state index contributed by atoms with van der Waals surface area (Å²) in [6, 6.07) is 9.03. The van der Waals surface area contributed by atoms with Crippen molar-refractivity contribution in [1.82, 2.24) is 4.98 Å². The van der Waals surface area contributed by atoms with Gasteiger partial charge in [-0.25, -0.2) is 0 Å². The predicted molar refractivity (Wildman–Crippen MR) is 88.0 cm³/mol. The molecule has 2 nitrogen and oxygen atoms in total. The third kappa shape index (κ3) is 3.65. The first-order valence-electron chi connectivity index (χ1n) is 6.70. The Hall–Kier alpha value is -1.35. The Morgan fingerprint density at radius 2 is 2.05 bits per heavy atom. The highest BCUT2D eigenvalue weighted by molar-refractivity contribution is 6.35. The number of hydrogen-bond donors (Lipinski definition) is 1. The van der Waals surface area contributed by atoms with Gasteiger partial charge in [0.15, 0.2) is 0 Å². The molecule has 1 aromatic heterocycles. The van der Waals surface area contributed by atoms with Crippen molar-refractivity contribution in [2.24, 2.45) is 0 Å². The van der Waals surface area contributed by atoms with E-state index in [-0.39, 0.29) is 5.92 Å². The summed E-state index contributed by atoms with van der Waals surface area (Å²) in [6.45, 7) is 5.66. The van der Waals surface area contributed by atoms with Crippen LogP contribution in [0.3, 0.4) is 0 Å². The Morgan fingerprint density at radius 1 is 1.29 bits per heavy atom. The summed E-state index contributed by atoms with van der Waals surface area (Å²) in [7, 11) is 0. The lowest BCUT2D eigenvalue weighted by Crippen LogP contribution is -2.13. The summed E-state index contributed by atoms with van der Waals surface area (Å²) in [5.41, 5.74) is 2.47. The van der Waals surface area contributed by atoms with E-state index in [0.717, 1.165) is 16.8 Å². The largest absolute Gasteiger partial charge is 0.388 e. The lowest BCUT2D eigenvalue weighted by Gasteiger charge is -2.24. The molecule has 0 aliphatic rings. The van der Waals surface area contributed by atoms with Crippen LogP contribution in [0.15, 0.2) is 49.2 Å². The molecular formula is C17H17Cl2NO. The van der Waals surface area contributed by atoms with E-state index >= 15 is 0 Å². The van der Waals surface area contributed by atoms with Crippen molar-refractivity contribution in [2.45, 2.75) is 25.4 Å². The van der Waals surface area contributed by atoms with Crippen LogP contribution in [0.1, 0.15) is 35.3 Å². The molecule has 2 unspecified atom stereocenters. The Morgan fingerprint density at radius 3 is 2.67 bits per heavy atom. The molecule has 0 bridgehead atoms. The van der Waals surface area contributed by atoms with Gasteiger partial charge in [-0.3, -0.25) is 4.98 Å². The molecular weight excluding hydrogens is 305 g/mol. The second-order valence-corrected chi connectivity index (χ2v) is 5.76. The molecule has 2 aromatic rings. The number of aliphatic hydroxyl groups excluding tert-OH is 1. The maximum absolute atomic E-state index is 10.8. The number of rotatable bonds is 5. The number of pyridine rings is 1.